The molecule has 0 aromatic heterocycles. The Labute approximate surface area is 363 Å². The van der Waals surface area contributed by atoms with Gasteiger partial charge in [-0.2, -0.15) is 0 Å². The van der Waals surface area contributed by atoms with Crippen LogP contribution < -0.4 is 28.1 Å². The zero-order valence-corrected chi connectivity index (χ0v) is 38.3. The van der Waals surface area contributed by atoms with Gasteiger partial charge in [0.25, 0.3) is 0 Å². The first kappa shape index (κ1) is 42.3. The van der Waals surface area contributed by atoms with Crippen molar-refractivity contribution in [2.24, 2.45) is 0 Å². The van der Waals surface area contributed by atoms with Crippen LogP contribution in [0.1, 0.15) is 81.3 Å². The summed E-state index contributed by atoms with van der Waals surface area (Å²) in [5.41, 5.74) is 16.0. The number of hydrogen-bond donors (Lipinski definition) is 0. The maximum Gasteiger partial charge on any atom is -1.00 e. The molecule has 0 spiro atoms. The molecule has 0 atom stereocenters. The molecule has 0 N–H and O–H groups in total. The molecule has 0 saturated carbocycles. The Kier molecular flexibility index (Phi) is 12.8. The van der Waals surface area contributed by atoms with Gasteiger partial charge in [0.15, 0.2) is 0 Å². The molecule has 56 heavy (non-hydrogen) atoms. The molecule has 2 aliphatic carbocycles. The van der Waals surface area contributed by atoms with E-state index in [0.29, 0.717) is 0 Å². The molecule has 0 aliphatic heterocycles. The normalized spacial score (nSPS) is 12.8. The molecule has 0 bridgehead atoms. The van der Waals surface area contributed by atoms with E-state index in [0.717, 1.165) is 22.9 Å². The fourth-order valence-corrected chi connectivity index (χ4v) is 17.2. The minimum atomic E-state index is -3.17. The van der Waals surface area contributed by atoms with Crippen LogP contribution in [0.5, 0.6) is 0 Å². The van der Waals surface area contributed by atoms with Gasteiger partial charge in [0.1, 0.15) is 0 Å². The summed E-state index contributed by atoms with van der Waals surface area (Å²) in [6.45, 7) is 14.2. The molecule has 8 rings (SSSR count). The van der Waals surface area contributed by atoms with Crippen LogP contribution >= 0.6 is 23.2 Å². The van der Waals surface area contributed by atoms with Crippen molar-refractivity contribution in [1.82, 2.24) is 0 Å². The predicted octanol–water partition coefficient (Wildman–Crippen LogP) is 7.86. The SMILES string of the molecule is CC(C)(C)c1cc2c(cc1-c1ccccc1)Cc1c-2cc(C(C)(C)C)c(-c2ccccc2)[c]1[Zr+2]([C]1=CC=CC1)=[C](c1cccc(Cl)c1)c1cccc(Cl)c1.[Cl-].[Cl-]. The van der Waals surface area contributed by atoms with Crippen LogP contribution in [0.2, 0.25) is 10.0 Å². The van der Waals surface area contributed by atoms with Gasteiger partial charge in [0.05, 0.1) is 0 Å². The number of benzene rings is 6. The second kappa shape index (κ2) is 16.9. The minimum absolute atomic E-state index is 0. The van der Waals surface area contributed by atoms with Crippen LogP contribution in [0.4, 0.5) is 0 Å². The Morgan fingerprint density at radius 1 is 0.571 bits per heavy atom. The van der Waals surface area contributed by atoms with Crippen molar-refractivity contribution in [3.05, 3.63) is 192 Å². The van der Waals surface area contributed by atoms with Gasteiger partial charge in [-0.3, -0.25) is 0 Å². The maximum absolute atomic E-state index is 6.86. The van der Waals surface area contributed by atoms with E-state index in [-0.39, 0.29) is 35.6 Å². The van der Waals surface area contributed by atoms with Crippen LogP contribution in [0, 0.1) is 0 Å². The summed E-state index contributed by atoms with van der Waals surface area (Å²) in [5.74, 6) is 0. The largest absolute Gasteiger partial charge is 1.00 e. The van der Waals surface area contributed by atoms with Crippen LogP contribution in [0.3, 0.4) is 0 Å². The summed E-state index contributed by atoms with van der Waals surface area (Å²) in [4.78, 5) is 0. The third-order valence-corrected chi connectivity index (χ3v) is 19.1. The van der Waals surface area contributed by atoms with Crippen LogP contribution in [-0.4, -0.2) is 3.21 Å². The molecule has 0 nitrogen and oxygen atoms in total. The third kappa shape index (κ3) is 8.19. The van der Waals surface area contributed by atoms with Gasteiger partial charge < -0.3 is 24.8 Å². The van der Waals surface area contributed by atoms with Gasteiger partial charge in [-0.25, -0.2) is 0 Å². The topological polar surface area (TPSA) is 0 Å². The number of rotatable bonds is 6. The summed E-state index contributed by atoms with van der Waals surface area (Å²) >= 11 is 10.5. The summed E-state index contributed by atoms with van der Waals surface area (Å²) in [7, 11) is 0. The van der Waals surface area contributed by atoms with Crippen LogP contribution in [0.25, 0.3) is 33.4 Å². The summed E-state index contributed by atoms with van der Waals surface area (Å²) in [6.07, 6.45) is 8.91. The van der Waals surface area contributed by atoms with Gasteiger partial charge in [-0.15, -0.1) is 0 Å². The number of allylic oxidation sites excluding steroid dienone is 4. The van der Waals surface area contributed by atoms with Crippen LogP contribution in [0.15, 0.2) is 149 Å². The Bertz CT molecular complexity index is 2470. The first-order valence-electron chi connectivity index (χ1n) is 19.0. The number of halogens is 4. The molecule has 0 amide bonds. The molecular weight excluding hydrogens is 846 g/mol. The summed E-state index contributed by atoms with van der Waals surface area (Å²) < 4.78 is 4.55. The average Bonchev–Trinajstić information content (AvgIpc) is 3.81. The van der Waals surface area contributed by atoms with E-state index >= 15 is 0 Å². The van der Waals surface area contributed by atoms with Crippen LogP contribution in [-0.2, 0) is 38.5 Å². The van der Waals surface area contributed by atoms with E-state index in [1.807, 2.05) is 12.1 Å². The molecule has 0 heterocycles. The van der Waals surface area contributed by atoms with Crippen molar-refractivity contribution in [1.29, 1.82) is 0 Å². The summed E-state index contributed by atoms with van der Waals surface area (Å²) in [5, 5.41) is 1.50. The Hall–Kier alpha value is -3.29. The smallest absolute Gasteiger partial charge is 1.00 e. The molecule has 6 aromatic rings. The van der Waals surface area contributed by atoms with E-state index in [2.05, 4.69) is 175 Å². The Balaban J connectivity index is 0.00000266. The second-order valence-corrected chi connectivity index (χ2v) is 23.5. The molecule has 0 fully saturated rings. The molecule has 2 aliphatic rings. The van der Waals surface area contributed by atoms with Crippen molar-refractivity contribution in [2.45, 2.75) is 65.2 Å². The van der Waals surface area contributed by atoms with Crippen molar-refractivity contribution in [3.63, 3.8) is 0 Å². The Morgan fingerprint density at radius 2 is 1.12 bits per heavy atom. The maximum atomic E-state index is 6.86. The van der Waals surface area contributed by atoms with Crippen molar-refractivity contribution < 1.29 is 46.1 Å². The van der Waals surface area contributed by atoms with E-state index in [9.17, 15) is 0 Å². The zero-order chi connectivity index (χ0) is 37.8. The molecular formula is C51H46Cl4Zr. The number of fused-ring (bicyclic) bond motifs is 3. The van der Waals surface area contributed by atoms with Gasteiger partial charge in [-0.05, 0) is 0 Å². The van der Waals surface area contributed by atoms with E-state index < -0.39 is 21.3 Å². The molecule has 5 heteroatoms. The average molecular weight is 892 g/mol. The molecule has 0 radical (unpaired) electrons. The van der Waals surface area contributed by atoms with E-state index in [4.69, 9.17) is 23.2 Å². The first-order chi connectivity index (χ1) is 25.9. The Morgan fingerprint density at radius 3 is 1.64 bits per heavy atom. The fourth-order valence-electron chi connectivity index (χ4n) is 8.45. The minimum Gasteiger partial charge on any atom is -1.00 e. The standard InChI is InChI=1S/C33H33.C13H8Cl2.C5H5.2ClH.Zr/c1-32(2,3)30-20-26-24(18-28(30)22-13-9-7-10-14-22)17-25-19-29(23-15-11-8-12-16-23)31(21-27(25)26)33(4,5)6;14-12-5-1-3-10(8-12)7-11-4-2-6-13(15)9-11;1-2-4-5-3-1;;;/h7-16,18,20-21H,17H2,1-6H3;1-6,8-9H;1-3H,4H2;2*1H;/q;;;;;+2/p-2. The fraction of sp³-hybridized carbons (Fsp3) is 0.196. The third-order valence-electron chi connectivity index (χ3n) is 10.9. The molecule has 282 valence electrons. The van der Waals surface area contributed by atoms with Gasteiger partial charge >= 0.3 is 342 Å². The molecule has 0 saturated heterocycles. The first-order valence-corrected chi connectivity index (χ1v) is 23.4. The van der Waals surface area contributed by atoms with Crippen molar-refractivity contribution in [3.8, 4) is 33.4 Å². The van der Waals surface area contributed by atoms with E-state index in [1.165, 1.54) is 70.0 Å². The van der Waals surface area contributed by atoms with Gasteiger partial charge in [-0.1, -0.05) is 0 Å². The molecule has 6 aromatic carbocycles. The second-order valence-electron chi connectivity index (χ2n) is 16.8. The van der Waals surface area contributed by atoms with Crippen molar-refractivity contribution >= 4 is 29.7 Å². The summed E-state index contributed by atoms with van der Waals surface area (Å²) in [6, 6.07) is 46.8. The van der Waals surface area contributed by atoms with Gasteiger partial charge in [0.2, 0.25) is 0 Å². The van der Waals surface area contributed by atoms with E-state index in [1.54, 1.807) is 6.55 Å². The van der Waals surface area contributed by atoms with Crippen molar-refractivity contribution in [2.75, 3.05) is 0 Å². The zero-order valence-electron chi connectivity index (χ0n) is 32.8. The molecule has 0 unspecified atom stereocenters. The van der Waals surface area contributed by atoms with Gasteiger partial charge in [0, 0.05) is 0 Å². The monoisotopic (exact) mass is 888 g/mol. The quantitative estimate of drug-likeness (QED) is 0.160. The predicted molar refractivity (Wildman–Crippen MR) is 231 cm³/mol. The number of hydrogen-bond acceptors (Lipinski definition) is 0.